The van der Waals surface area contributed by atoms with Crippen molar-refractivity contribution in [3.8, 4) is 0 Å². The van der Waals surface area contributed by atoms with Gasteiger partial charge >= 0.3 is 0 Å². The molecule has 1 saturated heterocycles. The lowest BCUT2D eigenvalue weighted by molar-refractivity contribution is 0.102. The molecule has 0 unspecified atom stereocenters. The number of rotatable bonds is 6. The van der Waals surface area contributed by atoms with Gasteiger partial charge in [-0.25, -0.2) is 8.42 Å². The number of hydrogen-bond donors (Lipinski definition) is 1. The average molecular weight is 528 g/mol. The van der Waals surface area contributed by atoms with Gasteiger partial charge in [0.15, 0.2) is 0 Å². The van der Waals surface area contributed by atoms with E-state index < -0.39 is 10.0 Å². The van der Waals surface area contributed by atoms with Crippen molar-refractivity contribution in [2.75, 3.05) is 31.5 Å². The van der Waals surface area contributed by atoms with Crippen LogP contribution in [-0.4, -0.2) is 49.7 Å². The van der Waals surface area contributed by atoms with E-state index in [-0.39, 0.29) is 5.91 Å². The van der Waals surface area contributed by atoms with Gasteiger partial charge < -0.3 is 5.32 Å². The van der Waals surface area contributed by atoms with Crippen molar-refractivity contribution in [1.82, 2.24) is 9.21 Å². The first-order chi connectivity index (χ1) is 15.8. The second kappa shape index (κ2) is 10.2. The fourth-order valence-corrected chi connectivity index (χ4v) is 5.50. The fourth-order valence-electron chi connectivity index (χ4n) is 3.81. The number of piperazine rings is 1. The number of halogens is 1. The van der Waals surface area contributed by atoms with Crippen LogP contribution in [-0.2, 0) is 16.6 Å². The highest BCUT2D eigenvalue weighted by molar-refractivity contribution is 9.10. The molecule has 1 aliphatic heterocycles. The predicted molar refractivity (Wildman–Crippen MR) is 134 cm³/mol. The molecule has 1 amide bonds. The monoisotopic (exact) mass is 527 g/mol. The van der Waals surface area contributed by atoms with Crippen LogP contribution in [0.2, 0.25) is 0 Å². The van der Waals surface area contributed by atoms with Gasteiger partial charge in [-0.2, -0.15) is 4.31 Å². The van der Waals surface area contributed by atoms with E-state index in [0.717, 1.165) is 21.3 Å². The van der Waals surface area contributed by atoms with Crippen LogP contribution in [0.15, 0.2) is 82.2 Å². The third kappa shape index (κ3) is 5.70. The summed E-state index contributed by atoms with van der Waals surface area (Å²) >= 11 is 3.46. The molecule has 0 radical (unpaired) electrons. The molecular weight excluding hydrogens is 502 g/mol. The molecule has 0 spiro atoms. The average Bonchev–Trinajstić information content (AvgIpc) is 2.83. The number of sulfonamides is 1. The second-order valence-electron chi connectivity index (χ2n) is 8.11. The standard InChI is InChI=1S/C25H26BrN3O3S/c1-19-17-22(11-12-24(19)26)27-25(30)21-9-7-20(8-10-21)18-28-13-15-29(16-14-28)33(31,32)23-5-3-2-4-6-23/h2-12,17H,13-16,18H2,1H3,(H,27,30). The van der Waals surface area contributed by atoms with Gasteiger partial charge in [-0.3, -0.25) is 9.69 Å². The van der Waals surface area contributed by atoms with Crippen molar-refractivity contribution in [3.63, 3.8) is 0 Å². The molecule has 33 heavy (non-hydrogen) atoms. The minimum absolute atomic E-state index is 0.150. The Labute approximate surface area is 203 Å². The van der Waals surface area contributed by atoms with Gasteiger partial charge in [0.2, 0.25) is 10.0 Å². The molecule has 3 aromatic rings. The summed E-state index contributed by atoms with van der Waals surface area (Å²) in [5, 5.41) is 2.93. The molecular formula is C25H26BrN3O3S. The van der Waals surface area contributed by atoms with Crippen LogP contribution in [0.25, 0.3) is 0 Å². The number of benzene rings is 3. The summed E-state index contributed by atoms with van der Waals surface area (Å²) in [6, 6.07) is 21.8. The Hall–Kier alpha value is -2.52. The van der Waals surface area contributed by atoms with E-state index in [4.69, 9.17) is 0 Å². The summed E-state index contributed by atoms with van der Waals surface area (Å²) in [7, 11) is -3.44. The maximum atomic E-state index is 12.8. The van der Waals surface area contributed by atoms with Gasteiger partial charge in [0.05, 0.1) is 4.90 Å². The van der Waals surface area contributed by atoms with E-state index in [1.807, 2.05) is 55.5 Å². The zero-order valence-corrected chi connectivity index (χ0v) is 20.8. The highest BCUT2D eigenvalue weighted by Crippen LogP contribution is 2.21. The number of aryl methyl sites for hydroxylation is 1. The van der Waals surface area contributed by atoms with Crippen LogP contribution >= 0.6 is 15.9 Å². The highest BCUT2D eigenvalue weighted by atomic mass is 79.9. The number of anilines is 1. The predicted octanol–water partition coefficient (Wildman–Crippen LogP) is 4.52. The zero-order chi connectivity index (χ0) is 23.4. The lowest BCUT2D eigenvalue weighted by atomic mass is 10.1. The lowest BCUT2D eigenvalue weighted by Crippen LogP contribution is -2.48. The molecule has 1 heterocycles. The van der Waals surface area contributed by atoms with Gasteiger partial charge in [0.25, 0.3) is 5.91 Å². The highest BCUT2D eigenvalue weighted by Gasteiger charge is 2.28. The third-order valence-corrected chi connectivity index (χ3v) is 8.55. The van der Waals surface area contributed by atoms with Crippen molar-refractivity contribution in [1.29, 1.82) is 0 Å². The van der Waals surface area contributed by atoms with Crippen LogP contribution in [0, 0.1) is 6.92 Å². The van der Waals surface area contributed by atoms with E-state index >= 15 is 0 Å². The number of nitrogens with one attached hydrogen (secondary N) is 1. The molecule has 4 rings (SSSR count). The number of amides is 1. The normalized spacial score (nSPS) is 15.3. The Morgan fingerprint density at radius 3 is 2.24 bits per heavy atom. The Bertz CT molecular complexity index is 1220. The first-order valence-electron chi connectivity index (χ1n) is 10.8. The van der Waals surface area contributed by atoms with E-state index in [0.29, 0.717) is 43.2 Å². The van der Waals surface area contributed by atoms with Crippen LogP contribution in [0.5, 0.6) is 0 Å². The number of carbonyl (C=O) groups excluding carboxylic acids is 1. The quantitative estimate of drug-likeness (QED) is 0.511. The molecule has 0 aliphatic carbocycles. The van der Waals surface area contributed by atoms with Crippen LogP contribution < -0.4 is 5.32 Å². The summed E-state index contributed by atoms with van der Waals surface area (Å²) in [6.45, 7) is 4.95. The molecule has 6 nitrogen and oxygen atoms in total. The maximum Gasteiger partial charge on any atom is 0.255 e. The molecule has 1 fully saturated rings. The fraction of sp³-hybridized carbons (Fsp3) is 0.240. The molecule has 1 N–H and O–H groups in total. The van der Waals surface area contributed by atoms with Crippen LogP contribution in [0.3, 0.4) is 0 Å². The van der Waals surface area contributed by atoms with E-state index in [1.54, 1.807) is 28.6 Å². The molecule has 8 heteroatoms. The summed E-state index contributed by atoms with van der Waals surface area (Å²) in [5.74, 6) is -0.150. The van der Waals surface area contributed by atoms with Gasteiger partial charge in [0, 0.05) is 48.4 Å². The molecule has 0 aromatic heterocycles. The molecule has 0 bridgehead atoms. The van der Waals surface area contributed by atoms with Crippen molar-refractivity contribution in [2.24, 2.45) is 0 Å². The van der Waals surface area contributed by atoms with Gasteiger partial charge in [0.1, 0.15) is 0 Å². The van der Waals surface area contributed by atoms with Gasteiger partial charge in [-0.1, -0.05) is 46.3 Å². The molecule has 172 valence electrons. The van der Waals surface area contributed by atoms with Crippen LogP contribution in [0.4, 0.5) is 5.69 Å². The van der Waals surface area contributed by atoms with E-state index in [1.165, 1.54) is 0 Å². The largest absolute Gasteiger partial charge is 0.322 e. The smallest absolute Gasteiger partial charge is 0.255 e. The van der Waals surface area contributed by atoms with Gasteiger partial charge in [-0.05, 0) is 60.5 Å². The SMILES string of the molecule is Cc1cc(NC(=O)c2ccc(CN3CCN(S(=O)(=O)c4ccccc4)CC3)cc2)ccc1Br. The first-order valence-corrected chi connectivity index (χ1v) is 13.0. The minimum Gasteiger partial charge on any atom is -0.322 e. The summed E-state index contributed by atoms with van der Waals surface area (Å²) in [4.78, 5) is 15.1. The van der Waals surface area contributed by atoms with Crippen molar-refractivity contribution >= 4 is 37.5 Å². The number of hydrogen-bond acceptors (Lipinski definition) is 4. The molecule has 3 aromatic carbocycles. The maximum absolute atomic E-state index is 12.8. The lowest BCUT2D eigenvalue weighted by Gasteiger charge is -2.34. The summed E-state index contributed by atoms with van der Waals surface area (Å²) in [6.07, 6.45) is 0. The third-order valence-electron chi connectivity index (χ3n) is 5.75. The second-order valence-corrected chi connectivity index (χ2v) is 10.9. The zero-order valence-electron chi connectivity index (χ0n) is 18.4. The Morgan fingerprint density at radius 2 is 1.61 bits per heavy atom. The molecule has 0 saturated carbocycles. The number of carbonyl (C=O) groups is 1. The molecule has 0 atom stereocenters. The first kappa shape index (κ1) is 23.6. The Kier molecular flexibility index (Phi) is 7.29. The van der Waals surface area contributed by atoms with E-state index in [9.17, 15) is 13.2 Å². The van der Waals surface area contributed by atoms with Crippen molar-refractivity contribution in [3.05, 3.63) is 94.0 Å². The van der Waals surface area contributed by atoms with Crippen molar-refractivity contribution < 1.29 is 13.2 Å². The van der Waals surface area contributed by atoms with E-state index in [2.05, 4.69) is 26.1 Å². The number of nitrogens with zero attached hydrogens (tertiary/aromatic N) is 2. The minimum atomic E-state index is -3.44. The summed E-state index contributed by atoms with van der Waals surface area (Å²) in [5.41, 5.74) is 3.50. The Balaban J connectivity index is 1.31. The van der Waals surface area contributed by atoms with Gasteiger partial charge in [-0.15, -0.1) is 0 Å². The van der Waals surface area contributed by atoms with Crippen LogP contribution in [0.1, 0.15) is 21.5 Å². The molecule has 1 aliphatic rings. The van der Waals surface area contributed by atoms with Crippen molar-refractivity contribution in [2.45, 2.75) is 18.4 Å². The topological polar surface area (TPSA) is 69.7 Å². The summed E-state index contributed by atoms with van der Waals surface area (Å²) < 4.78 is 28.1. The Morgan fingerprint density at radius 1 is 0.939 bits per heavy atom.